The molecule has 0 saturated heterocycles. The number of methoxy groups -OCH3 is 1. The Balaban J connectivity index is 1.62. The van der Waals surface area contributed by atoms with Gasteiger partial charge in [0.2, 0.25) is 0 Å². The first-order valence-corrected chi connectivity index (χ1v) is 11.7. The lowest BCUT2D eigenvalue weighted by Crippen LogP contribution is -2.20. The fraction of sp³-hybridized carbons (Fsp3) is 0.280. The van der Waals surface area contributed by atoms with Crippen LogP contribution >= 0.6 is 0 Å². The maximum atomic E-state index is 12.4. The van der Waals surface area contributed by atoms with Crippen LogP contribution in [0.25, 0.3) is 0 Å². The van der Waals surface area contributed by atoms with Crippen LogP contribution in [-0.2, 0) is 27.3 Å². The van der Waals surface area contributed by atoms with E-state index >= 15 is 0 Å². The maximum Gasteiger partial charge on any atom is 0.296 e. The van der Waals surface area contributed by atoms with Gasteiger partial charge in [-0.05, 0) is 48.7 Å². The highest BCUT2D eigenvalue weighted by atomic mass is 32.2. The Bertz CT molecular complexity index is 1100. The Labute approximate surface area is 189 Å². The van der Waals surface area contributed by atoms with Gasteiger partial charge in [-0.1, -0.05) is 54.1 Å². The molecule has 170 valence electrons. The largest absolute Gasteiger partial charge is 0.493 e. The molecule has 0 fully saturated rings. The fourth-order valence-corrected chi connectivity index (χ4v) is 4.14. The van der Waals surface area contributed by atoms with E-state index in [-0.39, 0.29) is 18.1 Å². The van der Waals surface area contributed by atoms with E-state index in [9.17, 15) is 13.5 Å². The van der Waals surface area contributed by atoms with Crippen molar-refractivity contribution in [2.75, 3.05) is 20.3 Å². The third-order valence-electron chi connectivity index (χ3n) is 5.02. The molecular formula is C25H28O6S. The van der Waals surface area contributed by atoms with E-state index < -0.39 is 16.0 Å². The van der Waals surface area contributed by atoms with Gasteiger partial charge in [0.1, 0.15) is 6.61 Å². The second-order valence-electron chi connectivity index (χ2n) is 7.56. The van der Waals surface area contributed by atoms with Crippen LogP contribution in [0.4, 0.5) is 0 Å². The summed E-state index contributed by atoms with van der Waals surface area (Å²) in [5, 5.41) is 9.75. The second-order valence-corrected chi connectivity index (χ2v) is 9.18. The van der Waals surface area contributed by atoms with Crippen molar-refractivity contribution in [1.82, 2.24) is 0 Å². The standard InChI is InChI=1S/C25H28O6S/c1-19-8-11-23(12-9-19)32(27,28)31-18-22(16-26)14-21-10-13-24(25(15-21)29-2)30-17-20-6-4-3-5-7-20/h3-13,15,22,26H,14,16-18H2,1-2H3/i14+1. The Hall–Kier alpha value is -2.87. The van der Waals surface area contributed by atoms with E-state index in [2.05, 4.69) is 0 Å². The van der Waals surface area contributed by atoms with Gasteiger partial charge in [0.25, 0.3) is 10.1 Å². The molecular weight excluding hydrogens is 429 g/mol. The molecule has 0 aliphatic heterocycles. The Morgan fingerprint density at radius 3 is 2.28 bits per heavy atom. The maximum absolute atomic E-state index is 12.4. The lowest BCUT2D eigenvalue weighted by molar-refractivity contribution is 0.166. The molecule has 0 spiro atoms. The zero-order valence-electron chi connectivity index (χ0n) is 18.2. The van der Waals surface area contributed by atoms with Crippen molar-refractivity contribution in [1.29, 1.82) is 0 Å². The molecule has 6 nitrogen and oxygen atoms in total. The van der Waals surface area contributed by atoms with Crippen LogP contribution in [0.5, 0.6) is 11.5 Å². The molecule has 0 heterocycles. The molecule has 0 aromatic heterocycles. The summed E-state index contributed by atoms with van der Waals surface area (Å²) in [6, 6.07) is 21.8. The molecule has 3 aromatic rings. The Kier molecular flexibility index (Phi) is 8.27. The summed E-state index contributed by atoms with van der Waals surface area (Å²) in [5.41, 5.74) is 2.89. The molecule has 0 saturated carbocycles. The van der Waals surface area contributed by atoms with E-state index in [0.717, 1.165) is 16.7 Å². The van der Waals surface area contributed by atoms with E-state index in [0.29, 0.717) is 24.5 Å². The highest BCUT2D eigenvalue weighted by Crippen LogP contribution is 2.30. The Morgan fingerprint density at radius 2 is 1.62 bits per heavy atom. The molecule has 0 aliphatic rings. The zero-order chi connectivity index (χ0) is 23.0. The summed E-state index contributed by atoms with van der Waals surface area (Å²) in [7, 11) is -2.32. The number of aryl methyl sites for hydroxylation is 1. The van der Waals surface area contributed by atoms with Gasteiger partial charge in [0, 0.05) is 12.5 Å². The molecule has 1 N–H and O–H groups in total. The van der Waals surface area contributed by atoms with Crippen LogP contribution in [0, 0.1) is 12.8 Å². The van der Waals surface area contributed by atoms with Gasteiger partial charge < -0.3 is 14.6 Å². The minimum atomic E-state index is -3.88. The number of rotatable bonds is 11. The van der Waals surface area contributed by atoms with Crippen molar-refractivity contribution < 1.29 is 27.2 Å². The van der Waals surface area contributed by atoms with Crippen LogP contribution in [0.15, 0.2) is 77.7 Å². The first-order valence-electron chi connectivity index (χ1n) is 10.3. The molecule has 3 aromatic carbocycles. The average molecular weight is 458 g/mol. The molecule has 7 heteroatoms. The fourth-order valence-electron chi connectivity index (χ4n) is 3.16. The van der Waals surface area contributed by atoms with Crippen LogP contribution in [0.1, 0.15) is 16.7 Å². The molecule has 3 rings (SSSR count). The van der Waals surface area contributed by atoms with E-state index in [1.54, 1.807) is 19.2 Å². The first-order chi connectivity index (χ1) is 15.4. The van der Waals surface area contributed by atoms with Gasteiger partial charge in [-0.15, -0.1) is 0 Å². The van der Waals surface area contributed by atoms with Crippen LogP contribution in [0.2, 0.25) is 0 Å². The zero-order valence-corrected chi connectivity index (χ0v) is 19.0. The van der Waals surface area contributed by atoms with Gasteiger partial charge in [0.15, 0.2) is 11.5 Å². The number of ether oxygens (including phenoxy) is 2. The summed E-state index contributed by atoms with van der Waals surface area (Å²) >= 11 is 0. The number of hydrogen-bond acceptors (Lipinski definition) is 6. The number of benzene rings is 3. The minimum Gasteiger partial charge on any atom is -0.493 e. The summed E-state index contributed by atoms with van der Waals surface area (Å²) in [6.45, 7) is 1.96. The van der Waals surface area contributed by atoms with E-state index in [1.165, 1.54) is 12.1 Å². The lowest BCUT2D eigenvalue weighted by Gasteiger charge is -2.16. The van der Waals surface area contributed by atoms with Gasteiger partial charge in [-0.25, -0.2) is 0 Å². The van der Waals surface area contributed by atoms with Crippen molar-refractivity contribution in [3.63, 3.8) is 0 Å². The van der Waals surface area contributed by atoms with Gasteiger partial charge in [-0.3, -0.25) is 4.18 Å². The van der Waals surface area contributed by atoms with Crippen molar-refractivity contribution in [2.24, 2.45) is 5.92 Å². The van der Waals surface area contributed by atoms with Crippen LogP contribution < -0.4 is 9.47 Å². The highest BCUT2D eigenvalue weighted by Gasteiger charge is 2.19. The van der Waals surface area contributed by atoms with Crippen LogP contribution in [-0.4, -0.2) is 33.8 Å². The predicted molar refractivity (Wildman–Crippen MR) is 122 cm³/mol. The highest BCUT2D eigenvalue weighted by molar-refractivity contribution is 7.86. The monoisotopic (exact) mass is 457 g/mol. The quantitative estimate of drug-likeness (QED) is 0.344. The first kappa shape index (κ1) is 23.8. The molecule has 32 heavy (non-hydrogen) atoms. The normalized spacial score (nSPS) is 12.3. The van der Waals surface area contributed by atoms with Crippen LogP contribution in [0.3, 0.4) is 0 Å². The molecule has 0 bridgehead atoms. The average Bonchev–Trinajstić information content (AvgIpc) is 2.81. The third-order valence-corrected chi connectivity index (χ3v) is 6.31. The summed E-state index contributed by atoms with van der Waals surface area (Å²) in [6.07, 6.45) is 0.426. The summed E-state index contributed by atoms with van der Waals surface area (Å²) in [4.78, 5) is 0.0985. The topological polar surface area (TPSA) is 82.1 Å². The second kappa shape index (κ2) is 11.1. The minimum absolute atomic E-state index is 0.0985. The molecule has 0 aliphatic carbocycles. The van der Waals surface area contributed by atoms with Crippen molar-refractivity contribution in [3.8, 4) is 11.5 Å². The summed E-state index contributed by atoms with van der Waals surface area (Å²) < 4.78 is 41.4. The number of hydrogen-bond donors (Lipinski definition) is 1. The van der Waals surface area contributed by atoms with Gasteiger partial charge in [-0.2, -0.15) is 8.42 Å². The van der Waals surface area contributed by atoms with E-state index in [4.69, 9.17) is 13.7 Å². The molecule has 0 amide bonds. The molecule has 0 radical (unpaired) electrons. The predicted octanol–water partition coefficient (Wildman–Crippen LogP) is 4.14. The van der Waals surface area contributed by atoms with Gasteiger partial charge in [0.05, 0.1) is 18.6 Å². The lowest BCUT2D eigenvalue weighted by atomic mass is 10.1. The molecule has 1 atom stereocenters. The smallest absolute Gasteiger partial charge is 0.296 e. The van der Waals surface area contributed by atoms with E-state index in [1.807, 2.05) is 55.5 Å². The Morgan fingerprint density at radius 1 is 0.906 bits per heavy atom. The number of aliphatic hydroxyl groups is 1. The molecule has 1 unspecified atom stereocenters. The summed E-state index contributed by atoms with van der Waals surface area (Å²) in [5.74, 6) is 0.790. The van der Waals surface area contributed by atoms with Gasteiger partial charge >= 0.3 is 0 Å². The van der Waals surface area contributed by atoms with Crippen molar-refractivity contribution in [3.05, 3.63) is 89.5 Å². The van der Waals surface area contributed by atoms with Crippen molar-refractivity contribution >= 4 is 10.1 Å². The SMILES string of the molecule is COc1cc([13CH2]C(CO)COS(=O)(=O)c2ccc(C)cc2)ccc1OCc1ccccc1. The number of aliphatic hydroxyl groups excluding tert-OH is 1. The van der Waals surface area contributed by atoms with Crippen molar-refractivity contribution in [2.45, 2.75) is 24.8 Å². The third kappa shape index (κ3) is 6.56.